The number of nitrogens with one attached hydrogen (secondary N) is 1. The summed E-state index contributed by atoms with van der Waals surface area (Å²) in [5.74, 6) is 0.116. The maximum Gasteiger partial charge on any atom is 0.140 e. The Bertz CT molecular complexity index is 739. The Morgan fingerprint density at radius 3 is 2.78 bits per heavy atom. The molecule has 0 unspecified atom stereocenters. The van der Waals surface area contributed by atoms with Crippen LogP contribution in [0.5, 0.6) is 0 Å². The molecule has 0 bridgehead atoms. The summed E-state index contributed by atoms with van der Waals surface area (Å²) in [7, 11) is 1.92. The van der Waals surface area contributed by atoms with Crippen molar-refractivity contribution in [3.63, 3.8) is 0 Å². The number of aromatic nitrogens is 3. The first-order valence-corrected chi connectivity index (χ1v) is 5.63. The van der Waals surface area contributed by atoms with Crippen LogP contribution in [0.2, 0.25) is 0 Å². The molecule has 0 aliphatic heterocycles. The lowest BCUT2D eigenvalue weighted by atomic mass is 10.1. The molecule has 0 radical (unpaired) electrons. The summed E-state index contributed by atoms with van der Waals surface area (Å²) in [5, 5.41) is 7.04. The molecule has 18 heavy (non-hydrogen) atoms. The zero-order valence-corrected chi connectivity index (χ0v) is 10.2. The van der Waals surface area contributed by atoms with Crippen LogP contribution < -0.4 is 5.73 Å². The molecule has 0 saturated heterocycles. The number of benzene rings is 1. The van der Waals surface area contributed by atoms with Crippen LogP contribution in [0.4, 0.5) is 10.2 Å². The van der Waals surface area contributed by atoms with Crippen molar-refractivity contribution in [1.29, 1.82) is 0 Å². The van der Waals surface area contributed by atoms with Crippen molar-refractivity contribution in [2.24, 2.45) is 7.05 Å². The van der Waals surface area contributed by atoms with Gasteiger partial charge < -0.3 is 10.3 Å². The van der Waals surface area contributed by atoms with Gasteiger partial charge in [0.2, 0.25) is 0 Å². The first kappa shape index (κ1) is 10.8. The number of anilines is 1. The Hall–Kier alpha value is -2.30. The van der Waals surface area contributed by atoms with Gasteiger partial charge in [-0.3, -0.25) is 5.10 Å². The molecule has 0 spiro atoms. The summed E-state index contributed by atoms with van der Waals surface area (Å²) >= 11 is 0. The number of nitrogens with zero attached hydrogens (tertiary/aromatic N) is 2. The highest BCUT2D eigenvalue weighted by atomic mass is 19.1. The molecule has 0 atom stereocenters. The number of halogens is 1. The Morgan fingerprint density at radius 1 is 1.33 bits per heavy atom. The largest absolute Gasteiger partial charge is 0.384 e. The van der Waals surface area contributed by atoms with E-state index in [1.165, 1.54) is 6.20 Å². The van der Waals surface area contributed by atoms with E-state index in [-0.39, 0.29) is 5.82 Å². The molecule has 0 fully saturated rings. The van der Waals surface area contributed by atoms with Crippen molar-refractivity contribution >= 4 is 16.7 Å². The predicted molar refractivity (Wildman–Crippen MR) is 69.6 cm³/mol. The SMILES string of the molecule is Cc1cc2c(F)c(-c3cn[nH]c3N)ccc2n1C. The minimum atomic E-state index is -0.260. The van der Waals surface area contributed by atoms with Crippen molar-refractivity contribution < 1.29 is 4.39 Å². The second-order valence-corrected chi connectivity index (χ2v) is 4.40. The molecule has 4 nitrogen and oxygen atoms in total. The van der Waals surface area contributed by atoms with E-state index in [2.05, 4.69) is 10.2 Å². The smallest absolute Gasteiger partial charge is 0.140 e. The summed E-state index contributed by atoms with van der Waals surface area (Å²) in [6.45, 7) is 1.95. The molecular formula is C13H13FN4. The molecule has 92 valence electrons. The molecule has 3 rings (SSSR count). The van der Waals surface area contributed by atoms with E-state index >= 15 is 0 Å². The van der Waals surface area contributed by atoms with Crippen LogP contribution in [0, 0.1) is 12.7 Å². The Labute approximate surface area is 103 Å². The fourth-order valence-corrected chi connectivity index (χ4v) is 2.23. The van der Waals surface area contributed by atoms with Crippen molar-refractivity contribution in [3.05, 3.63) is 35.9 Å². The number of nitrogens with two attached hydrogens (primary N) is 1. The van der Waals surface area contributed by atoms with Gasteiger partial charge in [0.15, 0.2) is 0 Å². The normalized spacial score (nSPS) is 11.3. The van der Waals surface area contributed by atoms with Crippen LogP contribution in [0.15, 0.2) is 24.4 Å². The summed E-state index contributed by atoms with van der Waals surface area (Å²) in [5.41, 5.74) is 8.68. The topological polar surface area (TPSA) is 59.6 Å². The summed E-state index contributed by atoms with van der Waals surface area (Å²) in [6.07, 6.45) is 1.54. The van der Waals surface area contributed by atoms with Gasteiger partial charge in [-0.15, -0.1) is 0 Å². The number of aryl methyl sites for hydroxylation is 2. The molecular weight excluding hydrogens is 231 g/mol. The molecule has 0 saturated carbocycles. The second kappa shape index (κ2) is 3.60. The molecule has 0 amide bonds. The maximum absolute atomic E-state index is 14.5. The van der Waals surface area contributed by atoms with Gasteiger partial charge in [-0.1, -0.05) is 0 Å². The van der Waals surface area contributed by atoms with E-state index in [0.717, 1.165) is 11.2 Å². The van der Waals surface area contributed by atoms with Gasteiger partial charge in [0.1, 0.15) is 11.6 Å². The number of aromatic amines is 1. The molecule has 2 aromatic heterocycles. The van der Waals surface area contributed by atoms with Crippen LogP contribution in [-0.2, 0) is 7.05 Å². The third kappa shape index (κ3) is 1.33. The van der Waals surface area contributed by atoms with Gasteiger partial charge in [-0.05, 0) is 25.1 Å². The first-order chi connectivity index (χ1) is 8.59. The zero-order chi connectivity index (χ0) is 12.9. The Kier molecular flexibility index (Phi) is 2.16. The minimum Gasteiger partial charge on any atom is -0.384 e. The van der Waals surface area contributed by atoms with Gasteiger partial charge in [-0.25, -0.2) is 4.39 Å². The monoisotopic (exact) mass is 244 g/mol. The van der Waals surface area contributed by atoms with Crippen LogP contribution in [0.3, 0.4) is 0 Å². The van der Waals surface area contributed by atoms with Gasteiger partial charge in [0.05, 0.1) is 11.7 Å². The van der Waals surface area contributed by atoms with E-state index in [1.54, 1.807) is 6.07 Å². The van der Waals surface area contributed by atoms with E-state index in [9.17, 15) is 4.39 Å². The van der Waals surface area contributed by atoms with E-state index < -0.39 is 0 Å². The third-order valence-corrected chi connectivity index (χ3v) is 3.36. The van der Waals surface area contributed by atoms with Gasteiger partial charge >= 0.3 is 0 Å². The van der Waals surface area contributed by atoms with Gasteiger partial charge in [0.25, 0.3) is 0 Å². The molecule has 3 aromatic rings. The van der Waals surface area contributed by atoms with Crippen molar-refractivity contribution in [2.45, 2.75) is 6.92 Å². The number of hydrogen-bond acceptors (Lipinski definition) is 2. The lowest BCUT2D eigenvalue weighted by molar-refractivity contribution is 0.643. The van der Waals surface area contributed by atoms with E-state index in [0.29, 0.717) is 22.3 Å². The molecule has 5 heteroatoms. The number of hydrogen-bond donors (Lipinski definition) is 2. The van der Waals surface area contributed by atoms with Crippen LogP contribution in [-0.4, -0.2) is 14.8 Å². The fraction of sp³-hybridized carbons (Fsp3) is 0.154. The van der Waals surface area contributed by atoms with Gasteiger partial charge in [-0.2, -0.15) is 5.10 Å². The lowest BCUT2D eigenvalue weighted by Gasteiger charge is -2.04. The average Bonchev–Trinajstić information content (AvgIpc) is 2.88. The molecule has 3 N–H and O–H groups in total. The number of nitrogen functional groups attached to an aromatic ring is 1. The minimum absolute atomic E-state index is 0.260. The quantitative estimate of drug-likeness (QED) is 0.691. The van der Waals surface area contributed by atoms with Crippen LogP contribution in [0.25, 0.3) is 22.0 Å². The van der Waals surface area contributed by atoms with Gasteiger partial charge in [0, 0.05) is 29.3 Å². The van der Waals surface area contributed by atoms with Crippen molar-refractivity contribution in [2.75, 3.05) is 5.73 Å². The summed E-state index contributed by atoms with van der Waals surface area (Å²) < 4.78 is 16.5. The van der Waals surface area contributed by atoms with E-state index in [4.69, 9.17) is 5.73 Å². The summed E-state index contributed by atoms with van der Waals surface area (Å²) in [4.78, 5) is 0. The van der Waals surface area contributed by atoms with Crippen molar-refractivity contribution in [1.82, 2.24) is 14.8 Å². The predicted octanol–water partition coefficient (Wildman–Crippen LogP) is 2.60. The second-order valence-electron chi connectivity index (χ2n) is 4.40. The Balaban J connectivity index is 2.34. The fourth-order valence-electron chi connectivity index (χ4n) is 2.23. The molecule has 1 aromatic carbocycles. The van der Waals surface area contributed by atoms with Crippen molar-refractivity contribution in [3.8, 4) is 11.1 Å². The third-order valence-electron chi connectivity index (χ3n) is 3.36. The Morgan fingerprint density at radius 2 is 2.11 bits per heavy atom. The highest BCUT2D eigenvalue weighted by Gasteiger charge is 2.15. The maximum atomic E-state index is 14.5. The number of fused-ring (bicyclic) bond motifs is 1. The highest BCUT2D eigenvalue weighted by molar-refractivity contribution is 5.89. The molecule has 2 heterocycles. The first-order valence-electron chi connectivity index (χ1n) is 5.63. The van der Waals surface area contributed by atoms with E-state index in [1.807, 2.05) is 30.7 Å². The number of H-pyrrole nitrogens is 1. The lowest BCUT2D eigenvalue weighted by Crippen LogP contribution is -1.92. The zero-order valence-electron chi connectivity index (χ0n) is 10.2. The molecule has 0 aliphatic carbocycles. The standard InChI is InChI=1S/C13H13FN4/c1-7-5-9-11(18(7)2)4-3-8(12(9)14)10-6-16-17-13(10)15/h3-6H,1-2H3,(H3,15,16,17). The van der Waals surface area contributed by atoms with Crippen LogP contribution in [0.1, 0.15) is 5.69 Å². The highest BCUT2D eigenvalue weighted by Crippen LogP contribution is 2.32. The molecule has 0 aliphatic rings. The van der Waals surface area contributed by atoms with Crippen LogP contribution >= 0.6 is 0 Å². The summed E-state index contributed by atoms with van der Waals surface area (Å²) in [6, 6.07) is 5.47. The average molecular weight is 244 g/mol. The number of rotatable bonds is 1.